The Morgan fingerprint density at radius 1 is 1.11 bits per heavy atom. The van der Waals surface area contributed by atoms with E-state index < -0.39 is 10.0 Å². The molecule has 0 fully saturated rings. The zero-order valence-electron chi connectivity index (χ0n) is 12.2. The second kappa shape index (κ2) is 6.50. The van der Waals surface area contributed by atoms with Crippen molar-refractivity contribution in [2.24, 2.45) is 0 Å². The van der Waals surface area contributed by atoms with E-state index in [2.05, 4.69) is 55.1 Å². The van der Waals surface area contributed by atoms with Crippen LogP contribution in [0.15, 0.2) is 24.3 Å². The van der Waals surface area contributed by atoms with E-state index in [0.29, 0.717) is 13.1 Å². The second-order valence-electron chi connectivity index (χ2n) is 5.65. The van der Waals surface area contributed by atoms with Gasteiger partial charge in [0.05, 0.1) is 5.75 Å². The fourth-order valence-electron chi connectivity index (χ4n) is 1.66. The molecule has 0 saturated heterocycles. The quantitative estimate of drug-likeness (QED) is 0.781. The molecule has 1 rings (SSSR count). The highest BCUT2D eigenvalue weighted by molar-refractivity contribution is 7.89. The van der Waals surface area contributed by atoms with Crippen LogP contribution in [0.25, 0.3) is 0 Å². The molecule has 0 saturated carbocycles. The molecule has 0 spiro atoms. The fraction of sp³-hybridized carbons (Fsp3) is 0.571. The molecule has 0 unspecified atom stereocenters. The largest absolute Gasteiger partial charge is 0.312 e. The highest BCUT2D eigenvalue weighted by Crippen LogP contribution is 2.21. The number of hydrogen-bond acceptors (Lipinski definition) is 3. The van der Waals surface area contributed by atoms with E-state index in [1.165, 1.54) is 12.6 Å². The molecule has 5 heteroatoms. The highest BCUT2D eigenvalue weighted by atomic mass is 32.2. The van der Waals surface area contributed by atoms with Crippen molar-refractivity contribution in [1.82, 2.24) is 10.0 Å². The monoisotopic (exact) mass is 284 g/mol. The predicted molar refractivity (Wildman–Crippen MR) is 79.7 cm³/mol. The Bertz CT molecular complexity index is 487. The molecule has 1 aromatic rings. The van der Waals surface area contributed by atoms with Crippen LogP contribution in [0.3, 0.4) is 0 Å². The number of hydrogen-bond donors (Lipinski definition) is 2. The lowest BCUT2D eigenvalue weighted by atomic mass is 9.87. The lowest BCUT2D eigenvalue weighted by Crippen LogP contribution is -2.29. The Hall–Kier alpha value is -0.910. The first-order valence-electron chi connectivity index (χ1n) is 6.46. The van der Waals surface area contributed by atoms with E-state index in [9.17, 15) is 8.42 Å². The first-order valence-corrected chi connectivity index (χ1v) is 8.11. The zero-order chi connectivity index (χ0) is 14.5. The Balaban J connectivity index is 2.43. The molecule has 0 bridgehead atoms. The Labute approximate surface area is 116 Å². The summed E-state index contributed by atoms with van der Waals surface area (Å²) in [7, 11) is -1.68. The van der Waals surface area contributed by atoms with Crippen LogP contribution >= 0.6 is 0 Å². The van der Waals surface area contributed by atoms with Gasteiger partial charge in [-0.15, -0.1) is 0 Å². The molecule has 0 aromatic heterocycles. The summed E-state index contributed by atoms with van der Waals surface area (Å²) in [6.07, 6.45) is 0. The molecular formula is C14H24N2O2S. The van der Waals surface area contributed by atoms with Crippen molar-refractivity contribution in [3.8, 4) is 0 Å². The van der Waals surface area contributed by atoms with Gasteiger partial charge in [0.15, 0.2) is 0 Å². The van der Waals surface area contributed by atoms with Crippen LogP contribution in [0.1, 0.15) is 31.9 Å². The molecule has 108 valence electrons. The van der Waals surface area contributed by atoms with Crippen LogP contribution in [0, 0.1) is 0 Å². The number of rotatable bonds is 6. The molecule has 19 heavy (non-hydrogen) atoms. The smallest absolute Gasteiger partial charge is 0.212 e. The molecule has 2 N–H and O–H groups in total. The van der Waals surface area contributed by atoms with Crippen molar-refractivity contribution in [2.45, 2.75) is 32.7 Å². The van der Waals surface area contributed by atoms with Gasteiger partial charge in [-0.1, -0.05) is 45.0 Å². The summed E-state index contributed by atoms with van der Waals surface area (Å²) in [6, 6.07) is 8.42. The molecule has 4 nitrogen and oxygen atoms in total. The summed E-state index contributed by atoms with van der Waals surface area (Å²) in [6.45, 7) is 7.68. The van der Waals surface area contributed by atoms with E-state index >= 15 is 0 Å². The molecule has 0 atom stereocenters. The van der Waals surface area contributed by atoms with Gasteiger partial charge in [-0.2, -0.15) is 0 Å². The van der Waals surface area contributed by atoms with Crippen molar-refractivity contribution in [1.29, 1.82) is 0 Å². The molecule has 0 radical (unpaired) electrons. The molecule has 0 amide bonds. The lowest BCUT2D eigenvalue weighted by molar-refractivity contribution is 0.582. The standard InChI is InChI=1S/C14H24N2O2S/c1-14(2,3)13-7-5-12(6-8-13)11-16-9-10-19(17,18)15-4/h5-8,15-16H,9-11H2,1-4H3. The third kappa shape index (κ3) is 5.72. The maximum Gasteiger partial charge on any atom is 0.212 e. The topological polar surface area (TPSA) is 58.2 Å². The first-order chi connectivity index (χ1) is 8.74. The van der Waals surface area contributed by atoms with E-state index in [4.69, 9.17) is 0 Å². The van der Waals surface area contributed by atoms with Gasteiger partial charge < -0.3 is 5.32 Å². The van der Waals surface area contributed by atoms with Crippen molar-refractivity contribution in [3.05, 3.63) is 35.4 Å². The summed E-state index contributed by atoms with van der Waals surface area (Å²) in [5, 5.41) is 3.13. The van der Waals surface area contributed by atoms with E-state index in [0.717, 1.165) is 5.56 Å². The van der Waals surface area contributed by atoms with Crippen molar-refractivity contribution < 1.29 is 8.42 Å². The van der Waals surface area contributed by atoms with Crippen LogP contribution in [-0.2, 0) is 22.0 Å². The number of sulfonamides is 1. The third-order valence-corrected chi connectivity index (χ3v) is 4.37. The minimum absolute atomic E-state index is 0.101. The SMILES string of the molecule is CNS(=O)(=O)CCNCc1ccc(C(C)(C)C)cc1. The minimum Gasteiger partial charge on any atom is -0.312 e. The lowest BCUT2D eigenvalue weighted by Gasteiger charge is -2.19. The molecule has 1 aromatic carbocycles. The Morgan fingerprint density at radius 2 is 1.68 bits per heavy atom. The van der Waals surface area contributed by atoms with Crippen LogP contribution < -0.4 is 10.0 Å². The van der Waals surface area contributed by atoms with E-state index in [1.54, 1.807) is 0 Å². The first kappa shape index (κ1) is 16.1. The third-order valence-electron chi connectivity index (χ3n) is 3.01. The van der Waals surface area contributed by atoms with Gasteiger partial charge in [-0.25, -0.2) is 13.1 Å². The summed E-state index contributed by atoms with van der Waals surface area (Å²) in [5.41, 5.74) is 2.62. The van der Waals surface area contributed by atoms with Crippen LogP contribution in [0.2, 0.25) is 0 Å². The molecule has 0 aliphatic heterocycles. The van der Waals surface area contributed by atoms with E-state index in [1.807, 2.05) is 0 Å². The van der Waals surface area contributed by atoms with Crippen molar-refractivity contribution in [3.63, 3.8) is 0 Å². The molecule has 0 heterocycles. The maximum absolute atomic E-state index is 11.2. The summed E-state index contributed by atoms with van der Waals surface area (Å²) >= 11 is 0. The zero-order valence-corrected chi connectivity index (χ0v) is 13.0. The van der Waals surface area contributed by atoms with Gasteiger partial charge in [-0.3, -0.25) is 0 Å². The fourth-order valence-corrected chi connectivity index (χ4v) is 2.28. The Kier molecular flexibility index (Phi) is 5.52. The summed E-state index contributed by atoms with van der Waals surface area (Å²) in [5.74, 6) is 0.101. The Morgan fingerprint density at radius 3 is 2.16 bits per heavy atom. The normalized spacial score (nSPS) is 12.6. The van der Waals surface area contributed by atoms with Gasteiger partial charge in [0, 0.05) is 13.1 Å². The van der Waals surface area contributed by atoms with Gasteiger partial charge in [0.2, 0.25) is 10.0 Å². The van der Waals surface area contributed by atoms with Crippen molar-refractivity contribution >= 4 is 10.0 Å². The van der Waals surface area contributed by atoms with Crippen LogP contribution in [-0.4, -0.2) is 27.8 Å². The highest BCUT2D eigenvalue weighted by Gasteiger charge is 2.12. The molecule has 0 aliphatic carbocycles. The van der Waals surface area contributed by atoms with E-state index in [-0.39, 0.29) is 11.2 Å². The molecular weight excluding hydrogens is 260 g/mol. The second-order valence-corrected chi connectivity index (χ2v) is 7.69. The predicted octanol–water partition coefficient (Wildman–Crippen LogP) is 1.62. The van der Waals surface area contributed by atoms with Gasteiger partial charge in [-0.05, 0) is 23.6 Å². The van der Waals surface area contributed by atoms with Crippen LogP contribution in [0.4, 0.5) is 0 Å². The van der Waals surface area contributed by atoms with Gasteiger partial charge >= 0.3 is 0 Å². The maximum atomic E-state index is 11.2. The molecule has 0 aliphatic rings. The summed E-state index contributed by atoms with van der Waals surface area (Å²) in [4.78, 5) is 0. The van der Waals surface area contributed by atoms with Crippen molar-refractivity contribution in [2.75, 3.05) is 19.3 Å². The van der Waals surface area contributed by atoms with Gasteiger partial charge in [0.25, 0.3) is 0 Å². The number of nitrogens with one attached hydrogen (secondary N) is 2. The average Bonchev–Trinajstić information content (AvgIpc) is 2.34. The number of benzene rings is 1. The minimum atomic E-state index is -3.11. The summed E-state index contributed by atoms with van der Waals surface area (Å²) < 4.78 is 24.7. The van der Waals surface area contributed by atoms with Gasteiger partial charge in [0.1, 0.15) is 0 Å². The van der Waals surface area contributed by atoms with Crippen LogP contribution in [0.5, 0.6) is 0 Å². The average molecular weight is 284 g/mol.